The average molecular weight is 216 g/mol. The molecule has 4 heteroatoms. The number of hydrogen-bond donors (Lipinski definition) is 1. The van der Waals surface area contributed by atoms with Crippen molar-refractivity contribution in [3.8, 4) is 5.75 Å². The summed E-state index contributed by atoms with van der Waals surface area (Å²) >= 11 is 5.78. The van der Waals surface area contributed by atoms with E-state index in [1.807, 2.05) is 0 Å². The Morgan fingerprint density at radius 3 is 2.86 bits per heavy atom. The highest BCUT2D eigenvalue weighted by Gasteiger charge is 2.22. The summed E-state index contributed by atoms with van der Waals surface area (Å²) in [6.45, 7) is 0.644. The van der Waals surface area contributed by atoms with E-state index in [0.29, 0.717) is 18.3 Å². The van der Waals surface area contributed by atoms with Crippen molar-refractivity contribution < 1.29 is 9.13 Å². The summed E-state index contributed by atoms with van der Waals surface area (Å²) in [6.07, 6.45) is 2.41. The predicted octanol–water partition coefficient (Wildman–Crippen LogP) is 2.85. The number of ether oxygens (including phenoxy) is 1. The molecule has 0 amide bonds. The van der Waals surface area contributed by atoms with Crippen LogP contribution in [0, 0.1) is 11.7 Å². The molecule has 2 N–H and O–H groups in total. The van der Waals surface area contributed by atoms with Crippen molar-refractivity contribution in [2.24, 2.45) is 5.92 Å². The number of rotatable bonds is 3. The quantitative estimate of drug-likeness (QED) is 0.787. The third-order valence-corrected chi connectivity index (χ3v) is 2.52. The Bertz CT molecular complexity index is 352. The van der Waals surface area contributed by atoms with E-state index in [1.165, 1.54) is 25.0 Å². The van der Waals surface area contributed by atoms with Gasteiger partial charge in [0.05, 0.1) is 17.3 Å². The highest BCUT2D eigenvalue weighted by molar-refractivity contribution is 6.32. The van der Waals surface area contributed by atoms with Crippen molar-refractivity contribution in [2.45, 2.75) is 12.8 Å². The van der Waals surface area contributed by atoms with Gasteiger partial charge in [0.1, 0.15) is 11.6 Å². The fraction of sp³-hybridized carbons (Fsp3) is 0.400. The molecular formula is C10H11ClFNO. The molecular weight excluding hydrogens is 205 g/mol. The van der Waals surface area contributed by atoms with Crippen LogP contribution in [0.4, 0.5) is 10.1 Å². The number of anilines is 1. The summed E-state index contributed by atoms with van der Waals surface area (Å²) in [7, 11) is 0. The summed E-state index contributed by atoms with van der Waals surface area (Å²) in [5.74, 6) is 0.601. The van der Waals surface area contributed by atoms with Gasteiger partial charge in [-0.25, -0.2) is 4.39 Å². The van der Waals surface area contributed by atoms with Gasteiger partial charge in [0.15, 0.2) is 0 Å². The first-order chi connectivity index (χ1) is 6.66. The van der Waals surface area contributed by atoms with E-state index in [2.05, 4.69) is 0 Å². The molecule has 1 aromatic carbocycles. The summed E-state index contributed by atoms with van der Waals surface area (Å²) < 4.78 is 18.3. The third-order valence-electron chi connectivity index (χ3n) is 2.22. The molecule has 0 heterocycles. The van der Waals surface area contributed by atoms with E-state index in [9.17, 15) is 4.39 Å². The summed E-state index contributed by atoms with van der Waals surface area (Å²) in [6, 6.07) is 2.61. The fourth-order valence-corrected chi connectivity index (χ4v) is 1.35. The lowest BCUT2D eigenvalue weighted by molar-refractivity contribution is 0.300. The number of halogens is 2. The van der Waals surface area contributed by atoms with Crippen LogP contribution in [-0.2, 0) is 0 Å². The molecule has 2 nitrogen and oxygen atoms in total. The molecule has 0 radical (unpaired) electrons. The van der Waals surface area contributed by atoms with Crippen molar-refractivity contribution in [3.05, 3.63) is 23.0 Å². The monoisotopic (exact) mass is 215 g/mol. The Balaban J connectivity index is 2.10. The number of benzene rings is 1. The second kappa shape index (κ2) is 3.65. The molecule has 0 aromatic heterocycles. The molecule has 76 valence electrons. The Morgan fingerprint density at radius 1 is 1.50 bits per heavy atom. The molecule has 0 bridgehead atoms. The summed E-state index contributed by atoms with van der Waals surface area (Å²) in [5.41, 5.74) is 5.47. The van der Waals surface area contributed by atoms with Crippen molar-refractivity contribution >= 4 is 17.3 Å². The first-order valence-corrected chi connectivity index (χ1v) is 4.92. The van der Waals surface area contributed by atoms with E-state index in [0.717, 1.165) is 0 Å². The van der Waals surface area contributed by atoms with Gasteiger partial charge in [-0.05, 0) is 24.8 Å². The molecule has 2 rings (SSSR count). The molecule has 14 heavy (non-hydrogen) atoms. The van der Waals surface area contributed by atoms with Crippen molar-refractivity contribution in [1.29, 1.82) is 0 Å². The first-order valence-electron chi connectivity index (χ1n) is 4.54. The van der Waals surface area contributed by atoms with Crippen LogP contribution in [0.15, 0.2) is 12.1 Å². The topological polar surface area (TPSA) is 35.2 Å². The van der Waals surface area contributed by atoms with Gasteiger partial charge in [0, 0.05) is 6.07 Å². The minimum absolute atomic E-state index is 0.0696. The lowest BCUT2D eigenvalue weighted by Gasteiger charge is -2.08. The van der Waals surface area contributed by atoms with Gasteiger partial charge in [-0.15, -0.1) is 0 Å². The van der Waals surface area contributed by atoms with Crippen LogP contribution in [0.3, 0.4) is 0 Å². The summed E-state index contributed by atoms with van der Waals surface area (Å²) in [5, 5.41) is 0.275. The number of nitrogens with two attached hydrogens (primary N) is 1. The van der Waals surface area contributed by atoms with E-state index in [1.54, 1.807) is 0 Å². The first kappa shape index (κ1) is 9.59. The second-order valence-electron chi connectivity index (χ2n) is 3.56. The standard InChI is InChI=1S/C10H11ClFNO/c11-7-3-8(12)9(13)4-10(7)14-5-6-1-2-6/h3-4,6H,1-2,5,13H2. The molecule has 1 aliphatic rings. The average Bonchev–Trinajstić information content (AvgIpc) is 2.92. The Morgan fingerprint density at radius 2 is 2.21 bits per heavy atom. The van der Waals surface area contributed by atoms with Gasteiger partial charge < -0.3 is 10.5 Å². The predicted molar refractivity (Wildman–Crippen MR) is 54.0 cm³/mol. The molecule has 1 saturated carbocycles. The van der Waals surface area contributed by atoms with Crippen molar-refractivity contribution in [1.82, 2.24) is 0 Å². The molecule has 0 saturated heterocycles. The smallest absolute Gasteiger partial charge is 0.147 e. The van der Waals surface area contributed by atoms with Gasteiger partial charge in [-0.2, -0.15) is 0 Å². The minimum Gasteiger partial charge on any atom is -0.492 e. The van der Waals surface area contributed by atoms with E-state index < -0.39 is 5.82 Å². The van der Waals surface area contributed by atoms with Crippen LogP contribution < -0.4 is 10.5 Å². The molecule has 0 aliphatic heterocycles. The maximum absolute atomic E-state index is 12.9. The van der Waals surface area contributed by atoms with Crippen molar-refractivity contribution in [3.63, 3.8) is 0 Å². The van der Waals surface area contributed by atoms with Crippen LogP contribution in [0.5, 0.6) is 5.75 Å². The fourth-order valence-electron chi connectivity index (χ4n) is 1.15. The Hall–Kier alpha value is -0.960. The SMILES string of the molecule is Nc1cc(OCC2CC2)c(Cl)cc1F. The molecule has 1 aliphatic carbocycles. The summed E-state index contributed by atoms with van der Waals surface area (Å²) in [4.78, 5) is 0. The maximum atomic E-state index is 12.9. The molecule has 1 fully saturated rings. The zero-order chi connectivity index (χ0) is 10.1. The van der Waals surface area contributed by atoms with Crippen molar-refractivity contribution in [2.75, 3.05) is 12.3 Å². The van der Waals surface area contributed by atoms with Gasteiger partial charge in [-0.1, -0.05) is 11.6 Å². The van der Waals surface area contributed by atoms with E-state index in [4.69, 9.17) is 22.1 Å². The van der Waals surface area contributed by atoms with Gasteiger partial charge in [0.25, 0.3) is 0 Å². The maximum Gasteiger partial charge on any atom is 0.147 e. The molecule has 0 atom stereocenters. The molecule has 1 aromatic rings. The third kappa shape index (κ3) is 2.10. The second-order valence-corrected chi connectivity index (χ2v) is 3.97. The van der Waals surface area contributed by atoms with Gasteiger partial charge in [-0.3, -0.25) is 0 Å². The lowest BCUT2D eigenvalue weighted by atomic mass is 10.3. The Labute approximate surface area is 86.8 Å². The highest BCUT2D eigenvalue weighted by Crippen LogP contribution is 2.33. The number of nitrogen functional groups attached to an aromatic ring is 1. The highest BCUT2D eigenvalue weighted by atomic mass is 35.5. The largest absolute Gasteiger partial charge is 0.492 e. The van der Waals surface area contributed by atoms with E-state index >= 15 is 0 Å². The number of hydrogen-bond acceptors (Lipinski definition) is 2. The Kier molecular flexibility index (Phi) is 2.50. The molecule has 0 spiro atoms. The molecule has 0 unspecified atom stereocenters. The van der Waals surface area contributed by atoms with Crippen LogP contribution in [0.1, 0.15) is 12.8 Å². The van der Waals surface area contributed by atoms with Gasteiger partial charge in [0.2, 0.25) is 0 Å². The van der Waals surface area contributed by atoms with Crippen LogP contribution in [-0.4, -0.2) is 6.61 Å². The van der Waals surface area contributed by atoms with Gasteiger partial charge >= 0.3 is 0 Å². The van der Waals surface area contributed by atoms with Crippen LogP contribution >= 0.6 is 11.6 Å². The zero-order valence-corrected chi connectivity index (χ0v) is 8.35. The van der Waals surface area contributed by atoms with E-state index in [-0.39, 0.29) is 10.7 Å². The van der Waals surface area contributed by atoms with Crippen LogP contribution in [0.2, 0.25) is 5.02 Å². The van der Waals surface area contributed by atoms with Crippen LogP contribution in [0.25, 0.3) is 0 Å². The normalized spacial score (nSPS) is 15.6. The lowest BCUT2D eigenvalue weighted by Crippen LogP contribution is -2.01. The minimum atomic E-state index is -0.506. The zero-order valence-electron chi connectivity index (χ0n) is 7.59.